The van der Waals surface area contributed by atoms with E-state index in [4.69, 9.17) is 0 Å². The first-order valence-corrected chi connectivity index (χ1v) is 7.98. The van der Waals surface area contributed by atoms with Crippen LogP contribution in [-0.2, 0) is 17.5 Å². The Morgan fingerprint density at radius 1 is 1.20 bits per heavy atom. The summed E-state index contributed by atoms with van der Waals surface area (Å²) in [5, 5.41) is 0. The summed E-state index contributed by atoms with van der Waals surface area (Å²) in [6.07, 6.45) is 3.98. The number of carbonyl (C=O) groups is 1. The molecule has 3 rings (SSSR count). The van der Waals surface area contributed by atoms with E-state index in [1.54, 1.807) is 29.4 Å². The third-order valence-corrected chi connectivity index (χ3v) is 4.01. The van der Waals surface area contributed by atoms with Crippen molar-refractivity contribution < 1.29 is 18.0 Å². The first kappa shape index (κ1) is 17.2. The monoisotopic (exact) mass is 346 g/mol. The maximum absolute atomic E-state index is 12.6. The topological polar surface area (TPSA) is 33.2 Å². The number of nitrogens with zero attached hydrogens (tertiary/aromatic N) is 2. The van der Waals surface area contributed by atoms with Crippen molar-refractivity contribution in [2.75, 3.05) is 0 Å². The molecule has 0 aliphatic heterocycles. The Hall–Kier alpha value is -2.63. The Kier molecular flexibility index (Phi) is 4.88. The van der Waals surface area contributed by atoms with Crippen LogP contribution in [0.25, 0.3) is 6.08 Å². The van der Waals surface area contributed by atoms with Gasteiger partial charge >= 0.3 is 6.18 Å². The van der Waals surface area contributed by atoms with Gasteiger partial charge in [0.2, 0.25) is 5.91 Å². The first-order valence-electron chi connectivity index (χ1n) is 7.98. The Morgan fingerprint density at radius 3 is 2.48 bits per heavy atom. The zero-order valence-corrected chi connectivity index (χ0v) is 13.4. The Morgan fingerprint density at radius 2 is 1.92 bits per heavy atom. The lowest BCUT2D eigenvalue weighted by Gasteiger charge is -2.21. The van der Waals surface area contributed by atoms with Gasteiger partial charge in [0.1, 0.15) is 0 Å². The average Bonchev–Trinajstić information content (AvgIpc) is 3.43. The minimum absolute atomic E-state index is 0.147. The standard InChI is InChI=1S/C19H17F3N2O/c20-19(21,22)16-6-3-15(4-7-16)13-24(17-8-9-17)18(25)10-5-14-2-1-11-23-12-14/h1-7,10-12,17H,8-9,13H2/b10-5+. The van der Waals surface area contributed by atoms with Crippen LogP contribution >= 0.6 is 0 Å². The lowest BCUT2D eigenvalue weighted by Crippen LogP contribution is -2.31. The van der Waals surface area contributed by atoms with Crippen LogP contribution in [0, 0.1) is 0 Å². The number of hydrogen-bond acceptors (Lipinski definition) is 2. The molecule has 1 saturated carbocycles. The van der Waals surface area contributed by atoms with Gasteiger partial charge in [0.25, 0.3) is 0 Å². The van der Waals surface area contributed by atoms with Gasteiger partial charge in [0, 0.05) is 31.1 Å². The molecule has 1 heterocycles. The number of carbonyl (C=O) groups excluding carboxylic acids is 1. The summed E-state index contributed by atoms with van der Waals surface area (Å²) >= 11 is 0. The van der Waals surface area contributed by atoms with Crippen LogP contribution in [0.4, 0.5) is 13.2 Å². The number of aromatic nitrogens is 1. The van der Waals surface area contributed by atoms with E-state index in [1.807, 2.05) is 6.07 Å². The van der Waals surface area contributed by atoms with Crippen molar-refractivity contribution in [3.05, 3.63) is 71.6 Å². The predicted molar refractivity (Wildman–Crippen MR) is 88.3 cm³/mol. The SMILES string of the molecule is O=C(/C=C/c1cccnc1)N(Cc1ccc(C(F)(F)F)cc1)C1CC1. The Labute approximate surface area is 143 Å². The van der Waals surface area contributed by atoms with E-state index in [2.05, 4.69) is 4.98 Å². The lowest BCUT2D eigenvalue weighted by atomic mass is 10.1. The summed E-state index contributed by atoms with van der Waals surface area (Å²) in [5.41, 5.74) is 0.821. The molecule has 0 radical (unpaired) electrons. The summed E-state index contributed by atoms with van der Waals surface area (Å²) < 4.78 is 37.9. The quantitative estimate of drug-likeness (QED) is 0.756. The highest BCUT2D eigenvalue weighted by molar-refractivity contribution is 5.92. The second kappa shape index (κ2) is 7.09. The van der Waals surface area contributed by atoms with Crippen LogP contribution < -0.4 is 0 Å². The van der Waals surface area contributed by atoms with Gasteiger partial charge in [-0.05, 0) is 48.2 Å². The van der Waals surface area contributed by atoms with Crippen LogP contribution in [0.2, 0.25) is 0 Å². The fourth-order valence-corrected chi connectivity index (χ4v) is 2.51. The minimum Gasteiger partial charge on any atom is -0.332 e. The fourth-order valence-electron chi connectivity index (χ4n) is 2.51. The van der Waals surface area contributed by atoms with Crippen molar-refractivity contribution >= 4 is 12.0 Å². The molecular weight excluding hydrogens is 329 g/mol. The zero-order chi connectivity index (χ0) is 17.9. The van der Waals surface area contributed by atoms with Crippen molar-refractivity contribution in [3.8, 4) is 0 Å². The van der Waals surface area contributed by atoms with Crippen molar-refractivity contribution in [3.63, 3.8) is 0 Å². The minimum atomic E-state index is -4.35. The van der Waals surface area contributed by atoms with Crippen molar-refractivity contribution in [1.29, 1.82) is 0 Å². The molecule has 1 aliphatic carbocycles. The van der Waals surface area contributed by atoms with Crippen molar-refractivity contribution in [2.45, 2.75) is 31.6 Å². The molecule has 0 spiro atoms. The smallest absolute Gasteiger partial charge is 0.332 e. The molecule has 0 atom stereocenters. The van der Waals surface area contributed by atoms with E-state index in [9.17, 15) is 18.0 Å². The van der Waals surface area contributed by atoms with Gasteiger partial charge in [-0.3, -0.25) is 9.78 Å². The molecular formula is C19H17F3N2O. The van der Waals surface area contributed by atoms with E-state index >= 15 is 0 Å². The van der Waals surface area contributed by atoms with Crippen LogP contribution in [0.1, 0.15) is 29.5 Å². The number of hydrogen-bond donors (Lipinski definition) is 0. The number of halogens is 3. The maximum Gasteiger partial charge on any atom is 0.416 e. The molecule has 6 heteroatoms. The third-order valence-electron chi connectivity index (χ3n) is 4.01. The highest BCUT2D eigenvalue weighted by atomic mass is 19.4. The highest BCUT2D eigenvalue weighted by Gasteiger charge is 2.32. The summed E-state index contributed by atoms with van der Waals surface area (Å²) in [6, 6.07) is 8.74. The van der Waals surface area contributed by atoms with Crippen LogP contribution in [-0.4, -0.2) is 21.8 Å². The lowest BCUT2D eigenvalue weighted by molar-refractivity contribution is -0.137. The van der Waals surface area contributed by atoms with Gasteiger partial charge < -0.3 is 4.90 Å². The molecule has 1 aliphatic rings. The maximum atomic E-state index is 12.6. The summed E-state index contributed by atoms with van der Waals surface area (Å²) in [5.74, 6) is -0.147. The van der Waals surface area contributed by atoms with Gasteiger partial charge in [-0.25, -0.2) is 0 Å². The molecule has 1 aromatic heterocycles. The molecule has 0 bridgehead atoms. The van der Waals surface area contributed by atoms with Crippen LogP contribution in [0.15, 0.2) is 54.9 Å². The molecule has 0 unspecified atom stereocenters. The van der Waals surface area contributed by atoms with E-state index in [0.717, 1.165) is 30.5 Å². The Bertz CT molecular complexity index is 750. The molecule has 2 aromatic rings. The molecule has 1 amide bonds. The van der Waals surface area contributed by atoms with Gasteiger partial charge in [-0.15, -0.1) is 0 Å². The van der Waals surface area contributed by atoms with E-state index in [0.29, 0.717) is 12.1 Å². The van der Waals surface area contributed by atoms with Crippen LogP contribution in [0.3, 0.4) is 0 Å². The molecule has 0 saturated heterocycles. The number of pyridine rings is 1. The molecule has 1 aromatic carbocycles. The summed E-state index contributed by atoms with van der Waals surface area (Å²) in [6.45, 7) is 0.305. The molecule has 3 nitrogen and oxygen atoms in total. The number of amides is 1. The fraction of sp³-hybridized carbons (Fsp3) is 0.263. The average molecular weight is 346 g/mol. The van der Waals surface area contributed by atoms with Gasteiger partial charge in [-0.2, -0.15) is 13.2 Å². The molecule has 0 N–H and O–H groups in total. The summed E-state index contributed by atoms with van der Waals surface area (Å²) in [4.78, 5) is 18.2. The van der Waals surface area contributed by atoms with Gasteiger partial charge in [0.15, 0.2) is 0 Å². The second-order valence-corrected chi connectivity index (χ2v) is 6.01. The van der Waals surface area contributed by atoms with Crippen LogP contribution in [0.5, 0.6) is 0 Å². The zero-order valence-electron chi connectivity index (χ0n) is 13.4. The summed E-state index contributed by atoms with van der Waals surface area (Å²) in [7, 11) is 0. The van der Waals surface area contributed by atoms with Crippen molar-refractivity contribution in [2.24, 2.45) is 0 Å². The normalized spacial score (nSPS) is 14.7. The van der Waals surface area contributed by atoms with E-state index in [-0.39, 0.29) is 11.9 Å². The number of rotatable bonds is 5. The number of alkyl halides is 3. The van der Waals surface area contributed by atoms with E-state index < -0.39 is 11.7 Å². The Balaban J connectivity index is 1.69. The van der Waals surface area contributed by atoms with Gasteiger partial charge in [-0.1, -0.05) is 18.2 Å². The second-order valence-electron chi connectivity index (χ2n) is 6.01. The van der Waals surface area contributed by atoms with E-state index in [1.165, 1.54) is 18.2 Å². The molecule has 130 valence electrons. The third kappa shape index (κ3) is 4.68. The molecule has 1 fully saturated rings. The highest BCUT2D eigenvalue weighted by Crippen LogP contribution is 2.31. The first-order chi connectivity index (χ1) is 11.9. The number of benzene rings is 1. The predicted octanol–water partition coefficient (Wildman–Crippen LogP) is 4.30. The van der Waals surface area contributed by atoms with Crippen molar-refractivity contribution in [1.82, 2.24) is 9.88 Å². The van der Waals surface area contributed by atoms with Gasteiger partial charge in [0.05, 0.1) is 5.56 Å². The largest absolute Gasteiger partial charge is 0.416 e. The molecule has 25 heavy (non-hydrogen) atoms.